The van der Waals surface area contributed by atoms with E-state index in [0.717, 1.165) is 57.8 Å². The van der Waals surface area contributed by atoms with Crippen LogP contribution in [0.4, 0.5) is 0 Å². The number of rotatable bonds is 57. The third-order valence-corrected chi connectivity index (χ3v) is 13.9. The first kappa shape index (κ1) is 66.9. The summed E-state index contributed by atoms with van der Waals surface area (Å²) in [6.45, 7) is 6.68. The first-order valence-corrected chi connectivity index (χ1v) is 30.8. The summed E-state index contributed by atoms with van der Waals surface area (Å²) in [5, 5.41) is 0. The molecule has 406 valence electrons. The van der Waals surface area contributed by atoms with Crippen molar-refractivity contribution in [2.24, 2.45) is 0 Å². The molecule has 0 N–H and O–H groups in total. The van der Waals surface area contributed by atoms with E-state index in [-0.39, 0.29) is 31.1 Å². The molecule has 0 aliphatic rings. The van der Waals surface area contributed by atoms with Gasteiger partial charge in [0.2, 0.25) is 0 Å². The lowest BCUT2D eigenvalue weighted by atomic mass is 10.0. The van der Waals surface area contributed by atoms with E-state index in [0.29, 0.717) is 19.3 Å². The molecule has 69 heavy (non-hydrogen) atoms. The summed E-state index contributed by atoms with van der Waals surface area (Å²) in [5.74, 6) is -0.848. The molecular weight excluding hydrogens is 853 g/mol. The van der Waals surface area contributed by atoms with Crippen LogP contribution >= 0.6 is 0 Å². The number of carbonyl (C=O) groups is 3. The molecule has 0 aliphatic carbocycles. The summed E-state index contributed by atoms with van der Waals surface area (Å²) in [7, 11) is 0. The quantitative estimate of drug-likeness (QED) is 0.0261. The minimum Gasteiger partial charge on any atom is -0.462 e. The number of allylic oxidation sites excluding steroid dienone is 4. The molecule has 0 saturated carbocycles. The molecule has 1 atom stereocenters. The number of ether oxygens (including phenoxy) is 3. The average molecular weight is 972 g/mol. The Hall–Kier alpha value is -2.11. The normalized spacial score (nSPS) is 12.1. The average Bonchev–Trinajstić information content (AvgIpc) is 3.35. The largest absolute Gasteiger partial charge is 0.462 e. The molecule has 0 aromatic rings. The van der Waals surface area contributed by atoms with Gasteiger partial charge in [0.15, 0.2) is 6.10 Å². The lowest BCUT2D eigenvalue weighted by Crippen LogP contribution is -2.30. The first-order valence-electron chi connectivity index (χ1n) is 30.8. The Morgan fingerprint density at radius 1 is 0.275 bits per heavy atom. The van der Waals surface area contributed by atoms with Crippen molar-refractivity contribution in [3.63, 3.8) is 0 Å². The lowest BCUT2D eigenvalue weighted by Gasteiger charge is -2.18. The third-order valence-electron chi connectivity index (χ3n) is 13.9. The zero-order valence-corrected chi connectivity index (χ0v) is 46.6. The van der Waals surface area contributed by atoms with Gasteiger partial charge in [0, 0.05) is 19.3 Å². The van der Waals surface area contributed by atoms with E-state index in [1.165, 1.54) is 244 Å². The Bertz CT molecular complexity index is 1110. The van der Waals surface area contributed by atoms with Crippen LogP contribution in [0.5, 0.6) is 0 Å². The van der Waals surface area contributed by atoms with Gasteiger partial charge in [-0.25, -0.2) is 0 Å². The molecule has 0 amide bonds. The number of carbonyl (C=O) groups excluding carboxylic acids is 3. The van der Waals surface area contributed by atoms with Crippen molar-refractivity contribution in [1.29, 1.82) is 0 Å². The minimum absolute atomic E-state index is 0.0674. The summed E-state index contributed by atoms with van der Waals surface area (Å²) >= 11 is 0. The highest BCUT2D eigenvalue weighted by molar-refractivity contribution is 5.71. The standard InChI is InChI=1S/C63H118O6/c1-4-7-10-13-16-19-22-24-26-28-30-31-33-35-37-39-42-44-47-50-53-56-62(65)68-59-60(69-63(66)57-54-51-48-45-40-21-18-15-12-9-6-3)58-67-61(64)55-52-49-46-43-41-38-36-34-32-29-27-25-23-20-17-14-11-8-5-2/h24-27,60H,4-23,28-59H2,1-3H3/b26-24-,27-25-/t60-/m0/s1. The smallest absolute Gasteiger partial charge is 0.306 e. The molecule has 0 rings (SSSR count). The SMILES string of the molecule is CCCCCCCC/C=C\CCCCCCCCCCCCCC(=O)OC[C@H](COC(=O)CCCCCCCCCCC/C=C\CCCCCCCC)OC(=O)CCCCCCCCCCCCC. The molecule has 0 spiro atoms. The second-order valence-corrected chi connectivity index (χ2v) is 21.0. The van der Waals surface area contributed by atoms with Gasteiger partial charge in [-0.05, 0) is 70.6 Å². The van der Waals surface area contributed by atoms with Gasteiger partial charge in [0.25, 0.3) is 0 Å². The number of hydrogen-bond acceptors (Lipinski definition) is 6. The highest BCUT2D eigenvalue weighted by Gasteiger charge is 2.19. The fourth-order valence-corrected chi connectivity index (χ4v) is 9.26. The van der Waals surface area contributed by atoms with E-state index in [9.17, 15) is 14.4 Å². The van der Waals surface area contributed by atoms with Crippen LogP contribution < -0.4 is 0 Å². The molecule has 6 nitrogen and oxygen atoms in total. The van der Waals surface area contributed by atoms with Crippen LogP contribution in [0.2, 0.25) is 0 Å². The topological polar surface area (TPSA) is 78.9 Å². The molecule has 0 radical (unpaired) electrons. The van der Waals surface area contributed by atoms with Crippen molar-refractivity contribution < 1.29 is 28.6 Å². The predicted molar refractivity (Wildman–Crippen MR) is 298 cm³/mol. The van der Waals surface area contributed by atoms with Crippen LogP contribution in [0.25, 0.3) is 0 Å². The number of hydrogen-bond donors (Lipinski definition) is 0. The van der Waals surface area contributed by atoms with Crippen LogP contribution in [0, 0.1) is 0 Å². The van der Waals surface area contributed by atoms with Gasteiger partial charge >= 0.3 is 17.9 Å². The minimum atomic E-state index is -0.768. The molecule has 0 fully saturated rings. The molecule has 6 heteroatoms. The van der Waals surface area contributed by atoms with Crippen molar-refractivity contribution in [3.05, 3.63) is 24.3 Å². The van der Waals surface area contributed by atoms with Gasteiger partial charge in [-0.3, -0.25) is 14.4 Å². The second-order valence-electron chi connectivity index (χ2n) is 21.0. The predicted octanol–water partition coefficient (Wildman–Crippen LogP) is 20.7. The van der Waals surface area contributed by atoms with E-state index in [1.807, 2.05) is 0 Å². The van der Waals surface area contributed by atoms with Crippen LogP contribution in [0.15, 0.2) is 24.3 Å². The Balaban J connectivity index is 4.23. The van der Waals surface area contributed by atoms with Gasteiger partial charge in [0.1, 0.15) is 13.2 Å². The van der Waals surface area contributed by atoms with E-state index in [4.69, 9.17) is 14.2 Å². The molecule has 0 heterocycles. The number of esters is 3. The van der Waals surface area contributed by atoms with Crippen molar-refractivity contribution in [1.82, 2.24) is 0 Å². The van der Waals surface area contributed by atoms with Crippen LogP contribution in [0.3, 0.4) is 0 Å². The summed E-state index contributed by atoms with van der Waals surface area (Å²) in [5.41, 5.74) is 0. The molecule has 0 unspecified atom stereocenters. The Labute approximate surface area is 430 Å². The van der Waals surface area contributed by atoms with Crippen molar-refractivity contribution >= 4 is 17.9 Å². The zero-order valence-electron chi connectivity index (χ0n) is 46.6. The summed E-state index contributed by atoms with van der Waals surface area (Å²) < 4.78 is 16.9. The van der Waals surface area contributed by atoms with Gasteiger partial charge in [0.05, 0.1) is 0 Å². The van der Waals surface area contributed by atoms with E-state index in [1.54, 1.807) is 0 Å². The summed E-state index contributed by atoms with van der Waals surface area (Å²) in [6.07, 6.45) is 68.9. The van der Waals surface area contributed by atoms with Crippen molar-refractivity contribution in [2.45, 2.75) is 348 Å². The van der Waals surface area contributed by atoms with E-state index >= 15 is 0 Å². The Morgan fingerprint density at radius 3 is 0.725 bits per heavy atom. The maximum Gasteiger partial charge on any atom is 0.306 e. The first-order chi connectivity index (χ1) is 34.0. The van der Waals surface area contributed by atoms with Gasteiger partial charge in [-0.2, -0.15) is 0 Å². The van der Waals surface area contributed by atoms with Gasteiger partial charge < -0.3 is 14.2 Å². The van der Waals surface area contributed by atoms with Crippen molar-refractivity contribution in [2.75, 3.05) is 13.2 Å². The zero-order chi connectivity index (χ0) is 50.0. The Morgan fingerprint density at radius 2 is 0.478 bits per heavy atom. The molecule has 0 aliphatic heterocycles. The van der Waals surface area contributed by atoms with Crippen LogP contribution in [0.1, 0.15) is 342 Å². The third kappa shape index (κ3) is 56.7. The van der Waals surface area contributed by atoms with E-state index in [2.05, 4.69) is 45.1 Å². The maximum atomic E-state index is 12.8. The maximum absolute atomic E-state index is 12.8. The Kier molecular flexibility index (Phi) is 56.7. The highest BCUT2D eigenvalue weighted by Crippen LogP contribution is 2.17. The fraction of sp³-hybridized carbons (Fsp3) is 0.889. The summed E-state index contributed by atoms with van der Waals surface area (Å²) in [4.78, 5) is 38.2. The summed E-state index contributed by atoms with van der Waals surface area (Å²) in [6, 6.07) is 0. The lowest BCUT2D eigenvalue weighted by molar-refractivity contribution is -0.167. The fourth-order valence-electron chi connectivity index (χ4n) is 9.26. The molecule has 0 saturated heterocycles. The molecule has 0 aromatic heterocycles. The molecule has 0 aromatic carbocycles. The van der Waals surface area contributed by atoms with Gasteiger partial charge in [-0.1, -0.05) is 276 Å². The van der Waals surface area contributed by atoms with Crippen LogP contribution in [-0.2, 0) is 28.6 Å². The highest BCUT2D eigenvalue weighted by atomic mass is 16.6. The van der Waals surface area contributed by atoms with Crippen molar-refractivity contribution in [3.8, 4) is 0 Å². The second kappa shape index (κ2) is 58.5. The number of unbranched alkanes of at least 4 members (excludes halogenated alkanes) is 42. The monoisotopic (exact) mass is 971 g/mol. The van der Waals surface area contributed by atoms with E-state index < -0.39 is 6.10 Å². The van der Waals surface area contributed by atoms with Gasteiger partial charge in [-0.15, -0.1) is 0 Å². The molecular formula is C63H118O6. The van der Waals surface area contributed by atoms with Crippen LogP contribution in [-0.4, -0.2) is 37.2 Å². The molecule has 0 bridgehead atoms.